The Balaban J connectivity index is 1.98. The Morgan fingerprint density at radius 1 is 1.00 bits per heavy atom. The van der Waals surface area contributed by atoms with Crippen LogP contribution in [-0.4, -0.2) is 42.1 Å². The fraction of sp³-hybridized carbons (Fsp3) is 0.263. The van der Waals surface area contributed by atoms with Gasteiger partial charge in [-0.3, -0.25) is 4.79 Å². The van der Waals surface area contributed by atoms with Crippen LogP contribution in [0.15, 0.2) is 42.5 Å². The summed E-state index contributed by atoms with van der Waals surface area (Å²) in [6, 6.07) is 12.1. The molecule has 124 valence electrons. The number of likely N-dealkylation sites (tertiary alicyclic amines) is 1. The number of aromatic carboxylic acids is 1. The molecule has 5 nitrogen and oxygen atoms in total. The molecule has 0 aromatic heterocycles. The maximum atomic E-state index is 12.5. The maximum Gasteiger partial charge on any atom is 0.335 e. The van der Waals surface area contributed by atoms with Gasteiger partial charge in [-0.15, -0.1) is 0 Å². The smallest absolute Gasteiger partial charge is 0.335 e. The first-order chi connectivity index (χ1) is 11.6. The van der Waals surface area contributed by atoms with Gasteiger partial charge in [-0.25, -0.2) is 4.79 Å². The summed E-state index contributed by atoms with van der Waals surface area (Å²) in [4.78, 5) is 25.7. The molecule has 1 N–H and O–H groups in total. The standard InChI is InChI=1S/C19H19NO4/c1-24-17-11-15(10-16(12-17)19(22)23)13-5-4-6-14(9-13)18(21)20-7-2-3-8-20/h4-6,9-12H,2-3,7-8H2,1H3,(H,22,23). The molecule has 5 heteroatoms. The van der Waals surface area contributed by atoms with E-state index in [1.807, 2.05) is 17.0 Å². The molecule has 1 aliphatic heterocycles. The Kier molecular flexibility index (Phi) is 4.51. The van der Waals surface area contributed by atoms with Crippen molar-refractivity contribution in [2.45, 2.75) is 12.8 Å². The largest absolute Gasteiger partial charge is 0.497 e. The highest BCUT2D eigenvalue weighted by Crippen LogP contribution is 2.27. The fourth-order valence-electron chi connectivity index (χ4n) is 2.94. The van der Waals surface area contributed by atoms with E-state index in [9.17, 15) is 14.7 Å². The predicted octanol–water partition coefficient (Wildman–Crippen LogP) is 3.30. The molecule has 1 amide bonds. The highest BCUT2D eigenvalue weighted by molar-refractivity contribution is 5.96. The van der Waals surface area contributed by atoms with Gasteiger partial charge in [0.2, 0.25) is 0 Å². The summed E-state index contributed by atoms with van der Waals surface area (Å²) >= 11 is 0. The number of hydrogen-bond donors (Lipinski definition) is 1. The number of carbonyl (C=O) groups excluding carboxylic acids is 1. The molecule has 0 unspecified atom stereocenters. The number of carbonyl (C=O) groups is 2. The summed E-state index contributed by atoms with van der Waals surface area (Å²) in [6.07, 6.45) is 2.09. The number of benzene rings is 2. The summed E-state index contributed by atoms with van der Waals surface area (Å²) < 4.78 is 5.19. The Morgan fingerprint density at radius 2 is 1.71 bits per heavy atom. The number of amides is 1. The van der Waals surface area contributed by atoms with Crippen LogP contribution in [0.3, 0.4) is 0 Å². The van der Waals surface area contributed by atoms with Gasteiger partial charge in [-0.2, -0.15) is 0 Å². The van der Waals surface area contributed by atoms with Crippen LogP contribution in [0.5, 0.6) is 5.75 Å². The quantitative estimate of drug-likeness (QED) is 0.936. The van der Waals surface area contributed by atoms with Crippen LogP contribution >= 0.6 is 0 Å². The first-order valence-electron chi connectivity index (χ1n) is 7.90. The van der Waals surface area contributed by atoms with Gasteiger partial charge in [0.05, 0.1) is 12.7 Å². The molecule has 1 fully saturated rings. The number of rotatable bonds is 4. The highest BCUT2D eigenvalue weighted by Gasteiger charge is 2.19. The van der Waals surface area contributed by atoms with Crippen LogP contribution < -0.4 is 4.74 Å². The second-order valence-electron chi connectivity index (χ2n) is 5.84. The summed E-state index contributed by atoms with van der Waals surface area (Å²) in [5, 5.41) is 9.25. The molecule has 1 aliphatic rings. The molecule has 1 saturated heterocycles. The van der Waals surface area contributed by atoms with Crippen LogP contribution in [0.25, 0.3) is 11.1 Å². The van der Waals surface area contributed by atoms with E-state index in [-0.39, 0.29) is 11.5 Å². The minimum Gasteiger partial charge on any atom is -0.497 e. The lowest BCUT2D eigenvalue weighted by molar-refractivity contribution is 0.0695. The molecule has 0 saturated carbocycles. The average molecular weight is 325 g/mol. The van der Waals surface area contributed by atoms with E-state index < -0.39 is 5.97 Å². The topological polar surface area (TPSA) is 66.8 Å². The normalized spacial score (nSPS) is 13.8. The average Bonchev–Trinajstić information content (AvgIpc) is 3.15. The number of hydrogen-bond acceptors (Lipinski definition) is 3. The van der Waals surface area contributed by atoms with Gasteiger partial charge in [0.25, 0.3) is 5.91 Å². The van der Waals surface area contributed by atoms with Crippen molar-refractivity contribution in [2.24, 2.45) is 0 Å². The second kappa shape index (κ2) is 6.74. The molecule has 0 atom stereocenters. The Hall–Kier alpha value is -2.82. The predicted molar refractivity (Wildman–Crippen MR) is 90.5 cm³/mol. The van der Waals surface area contributed by atoms with Gasteiger partial charge in [0.15, 0.2) is 0 Å². The third-order valence-electron chi connectivity index (χ3n) is 4.23. The van der Waals surface area contributed by atoms with E-state index in [2.05, 4.69) is 0 Å². The number of nitrogens with zero attached hydrogens (tertiary/aromatic N) is 1. The molecule has 24 heavy (non-hydrogen) atoms. The van der Waals surface area contributed by atoms with Crippen molar-refractivity contribution < 1.29 is 19.4 Å². The van der Waals surface area contributed by atoms with Gasteiger partial charge in [0, 0.05) is 18.7 Å². The van der Waals surface area contributed by atoms with Gasteiger partial charge in [-0.1, -0.05) is 12.1 Å². The molecule has 1 heterocycles. The Bertz CT molecular complexity index is 779. The Labute approximate surface area is 140 Å². The van der Waals surface area contributed by atoms with Crippen molar-refractivity contribution in [1.82, 2.24) is 4.90 Å². The van der Waals surface area contributed by atoms with E-state index >= 15 is 0 Å². The molecule has 0 radical (unpaired) electrons. The van der Waals surface area contributed by atoms with E-state index in [0.717, 1.165) is 31.5 Å². The minimum atomic E-state index is -1.01. The van der Waals surface area contributed by atoms with Crippen LogP contribution in [0.4, 0.5) is 0 Å². The summed E-state index contributed by atoms with van der Waals surface area (Å²) in [5.74, 6) is -0.517. The van der Waals surface area contributed by atoms with Crippen molar-refractivity contribution in [1.29, 1.82) is 0 Å². The monoisotopic (exact) mass is 325 g/mol. The molecule has 3 rings (SSSR count). The minimum absolute atomic E-state index is 0.0238. The number of carboxylic acids is 1. The zero-order valence-electron chi connectivity index (χ0n) is 13.5. The van der Waals surface area contributed by atoms with Gasteiger partial charge in [-0.05, 0) is 54.3 Å². The summed E-state index contributed by atoms with van der Waals surface area (Å²) in [5.41, 5.74) is 2.28. The number of carboxylic acid groups (broad SMARTS) is 1. The number of ether oxygens (including phenoxy) is 1. The fourth-order valence-corrected chi connectivity index (χ4v) is 2.94. The first-order valence-corrected chi connectivity index (χ1v) is 7.90. The van der Waals surface area contributed by atoms with Crippen molar-refractivity contribution >= 4 is 11.9 Å². The molecule has 2 aromatic carbocycles. The lowest BCUT2D eigenvalue weighted by Gasteiger charge is -2.16. The zero-order valence-corrected chi connectivity index (χ0v) is 13.5. The third-order valence-corrected chi connectivity index (χ3v) is 4.23. The molecule has 0 bridgehead atoms. The van der Waals surface area contributed by atoms with Gasteiger partial charge in [0.1, 0.15) is 5.75 Å². The van der Waals surface area contributed by atoms with E-state index in [4.69, 9.17) is 4.74 Å². The van der Waals surface area contributed by atoms with E-state index in [1.54, 1.807) is 24.3 Å². The van der Waals surface area contributed by atoms with Crippen molar-refractivity contribution in [2.75, 3.05) is 20.2 Å². The van der Waals surface area contributed by atoms with E-state index in [1.165, 1.54) is 13.2 Å². The van der Waals surface area contributed by atoms with Crippen LogP contribution in [0, 0.1) is 0 Å². The maximum absolute atomic E-state index is 12.5. The summed E-state index contributed by atoms with van der Waals surface area (Å²) in [6.45, 7) is 1.59. The second-order valence-corrected chi connectivity index (χ2v) is 5.84. The highest BCUT2D eigenvalue weighted by atomic mass is 16.5. The Morgan fingerprint density at radius 3 is 2.38 bits per heavy atom. The van der Waals surface area contributed by atoms with Crippen molar-refractivity contribution in [3.63, 3.8) is 0 Å². The molecular weight excluding hydrogens is 306 g/mol. The van der Waals surface area contributed by atoms with Gasteiger partial charge < -0.3 is 14.7 Å². The lowest BCUT2D eigenvalue weighted by Crippen LogP contribution is -2.27. The van der Waals surface area contributed by atoms with Gasteiger partial charge >= 0.3 is 5.97 Å². The molecule has 0 aliphatic carbocycles. The first kappa shape index (κ1) is 16.1. The lowest BCUT2D eigenvalue weighted by atomic mass is 10.00. The SMILES string of the molecule is COc1cc(C(=O)O)cc(-c2cccc(C(=O)N3CCCC3)c2)c1. The van der Waals surface area contributed by atoms with Crippen LogP contribution in [-0.2, 0) is 0 Å². The van der Waals surface area contributed by atoms with E-state index in [0.29, 0.717) is 16.9 Å². The van der Waals surface area contributed by atoms with Crippen LogP contribution in [0.2, 0.25) is 0 Å². The van der Waals surface area contributed by atoms with Crippen molar-refractivity contribution in [3.05, 3.63) is 53.6 Å². The molecular formula is C19H19NO4. The van der Waals surface area contributed by atoms with Crippen molar-refractivity contribution in [3.8, 4) is 16.9 Å². The third kappa shape index (κ3) is 3.25. The zero-order chi connectivity index (χ0) is 17.1. The summed E-state index contributed by atoms with van der Waals surface area (Å²) in [7, 11) is 1.50. The van der Waals surface area contributed by atoms with Crippen LogP contribution in [0.1, 0.15) is 33.6 Å². The molecule has 2 aromatic rings. The molecule has 0 spiro atoms. The number of methoxy groups -OCH3 is 1.